The normalized spacial score (nSPS) is 10.3. The molecule has 0 atom stereocenters. The molecular formula is C15H19ClN4O. The first-order chi connectivity index (χ1) is 10.1. The number of hydrogen-bond acceptors (Lipinski definition) is 5. The summed E-state index contributed by atoms with van der Waals surface area (Å²) in [6, 6.07) is 7.27. The third-order valence-corrected chi connectivity index (χ3v) is 3.05. The van der Waals surface area contributed by atoms with Crippen molar-refractivity contribution in [3.63, 3.8) is 0 Å². The third kappa shape index (κ3) is 4.23. The van der Waals surface area contributed by atoms with E-state index in [1.165, 1.54) is 0 Å². The largest absolute Gasteiger partial charge is 0.495 e. The van der Waals surface area contributed by atoms with Crippen molar-refractivity contribution in [2.45, 2.75) is 20.3 Å². The number of rotatable bonds is 6. The van der Waals surface area contributed by atoms with Gasteiger partial charge in [-0.25, -0.2) is 4.98 Å². The fourth-order valence-electron chi connectivity index (χ4n) is 1.86. The highest BCUT2D eigenvalue weighted by Gasteiger charge is 2.07. The molecule has 0 amide bonds. The van der Waals surface area contributed by atoms with Crippen molar-refractivity contribution in [2.75, 3.05) is 24.3 Å². The maximum atomic E-state index is 6.03. The van der Waals surface area contributed by atoms with Crippen LogP contribution in [0.4, 0.5) is 17.5 Å². The summed E-state index contributed by atoms with van der Waals surface area (Å²) in [5, 5.41) is 7.04. The van der Waals surface area contributed by atoms with Crippen LogP contribution in [0.2, 0.25) is 5.02 Å². The minimum absolute atomic E-state index is 0.611. The Bertz CT molecular complexity index is 619. The molecule has 0 bridgehead atoms. The van der Waals surface area contributed by atoms with Crippen LogP contribution in [0.1, 0.15) is 19.0 Å². The molecule has 0 radical (unpaired) electrons. The summed E-state index contributed by atoms with van der Waals surface area (Å²) in [4.78, 5) is 8.79. The lowest BCUT2D eigenvalue weighted by Gasteiger charge is -2.12. The van der Waals surface area contributed by atoms with E-state index in [1.807, 2.05) is 19.1 Å². The van der Waals surface area contributed by atoms with Crippen LogP contribution in [0, 0.1) is 6.92 Å². The molecule has 5 nitrogen and oxygen atoms in total. The molecule has 0 aliphatic heterocycles. The van der Waals surface area contributed by atoms with Gasteiger partial charge in [-0.1, -0.05) is 18.5 Å². The van der Waals surface area contributed by atoms with E-state index in [1.54, 1.807) is 19.2 Å². The Kier molecular flexibility index (Phi) is 5.22. The molecule has 2 aromatic rings. The standard InChI is InChI=1S/C15H19ClN4O/c1-4-7-17-15-18-10(2)8-14(20-15)19-12-9-11(16)5-6-13(12)21-3/h5-6,8-9H,4,7H2,1-3H3,(H2,17,18,19,20). The molecule has 0 aliphatic carbocycles. The Labute approximate surface area is 129 Å². The van der Waals surface area contributed by atoms with E-state index < -0.39 is 0 Å². The minimum atomic E-state index is 0.611. The molecule has 0 aliphatic rings. The summed E-state index contributed by atoms with van der Waals surface area (Å²) in [6.45, 7) is 4.86. The van der Waals surface area contributed by atoms with Crippen LogP contribution < -0.4 is 15.4 Å². The van der Waals surface area contributed by atoms with Crippen LogP contribution in [0.15, 0.2) is 24.3 Å². The summed E-state index contributed by atoms with van der Waals surface area (Å²) in [7, 11) is 1.62. The predicted octanol–water partition coefficient (Wildman–Crippen LogP) is 4.01. The Hall–Kier alpha value is -2.01. The van der Waals surface area contributed by atoms with Crippen molar-refractivity contribution in [3.8, 4) is 5.75 Å². The highest BCUT2D eigenvalue weighted by Crippen LogP contribution is 2.30. The number of hydrogen-bond donors (Lipinski definition) is 2. The smallest absolute Gasteiger partial charge is 0.224 e. The predicted molar refractivity (Wildman–Crippen MR) is 86.8 cm³/mol. The Morgan fingerprint density at radius 1 is 1.24 bits per heavy atom. The quantitative estimate of drug-likeness (QED) is 0.844. The summed E-state index contributed by atoms with van der Waals surface area (Å²) in [5.41, 5.74) is 1.65. The molecule has 1 aromatic carbocycles. The van der Waals surface area contributed by atoms with Crippen LogP contribution in [0.5, 0.6) is 5.75 Å². The van der Waals surface area contributed by atoms with E-state index in [0.29, 0.717) is 22.5 Å². The second-order valence-corrected chi connectivity index (χ2v) is 5.05. The molecule has 1 heterocycles. The van der Waals surface area contributed by atoms with Crippen molar-refractivity contribution < 1.29 is 4.74 Å². The van der Waals surface area contributed by atoms with Gasteiger partial charge in [-0.2, -0.15) is 4.98 Å². The van der Waals surface area contributed by atoms with Crippen molar-refractivity contribution >= 4 is 29.1 Å². The number of nitrogens with zero attached hydrogens (tertiary/aromatic N) is 2. The number of methoxy groups -OCH3 is 1. The second-order valence-electron chi connectivity index (χ2n) is 4.61. The molecule has 21 heavy (non-hydrogen) atoms. The van der Waals surface area contributed by atoms with Crippen molar-refractivity contribution in [2.24, 2.45) is 0 Å². The van der Waals surface area contributed by atoms with Gasteiger partial charge in [0, 0.05) is 23.3 Å². The third-order valence-electron chi connectivity index (χ3n) is 2.81. The average molecular weight is 307 g/mol. The number of ether oxygens (including phenoxy) is 1. The Morgan fingerprint density at radius 2 is 2.05 bits per heavy atom. The summed E-state index contributed by atoms with van der Waals surface area (Å²) < 4.78 is 5.32. The maximum absolute atomic E-state index is 6.03. The van der Waals surface area contributed by atoms with Crippen molar-refractivity contribution in [1.82, 2.24) is 9.97 Å². The van der Waals surface area contributed by atoms with Gasteiger partial charge in [-0.05, 0) is 31.5 Å². The number of aromatic nitrogens is 2. The fourth-order valence-corrected chi connectivity index (χ4v) is 2.04. The zero-order chi connectivity index (χ0) is 15.2. The van der Waals surface area contributed by atoms with Gasteiger partial charge >= 0.3 is 0 Å². The van der Waals surface area contributed by atoms with Crippen molar-refractivity contribution in [1.29, 1.82) is 0 Å². The van der Waals surface area contributed by atoms with Gasteiger partial charge in [-0.15, -0.1) is 0 Å². The Balaban J connectivity index is 2.26. The van der Waals surface area contributed by atoms with E-state index in [4.69, 9.17) is 16.3 Å². The van der Waals surface area contributed by atoms with E-state index in [9.17, 15) is 0 Å². The molecule has 2 N–H and O–H groups in total. The summed E-state index contributed by atoms with van der Waals surface area (Å²) in [6.07, 6.45) is 1.02. The number of nitrogens with one attached hydrogen (secondary N) is 2. The van der Waals surface area contributed by atoms with Gasteiger partial charge in [0.2, 0.25) is 5.95 Å². The van der Waals surface area contributed by atoms with Crippen LogP contribution in [0.25, 0.3) is 0 Å². The molecule has 0 saturated carbocycles. The van der Waals surface area contributed by atoms with Crippen LogP contribution >= 0.6 is 11.6 Å². The van der Waals surface area contributed by atoms with Gasteiger partial charge in [0.1, 0.15) is 11.6 Å². The van der Waals surface area contributed by atoms with E-state index in [2.05, 4.69) is 27.5 Å². The van der Waals surface area contributed by atoms with Crippen molar-refractivity contribution in [3.05, 3.63) is 35.0 Å². The van der Waals surface area contributed by atoms with Crippen LogP contribution in [0.3, 0.4) is 0 Å². The molecule has 112 valence electrons. The van der Waals surface area contributed by atoms with E-state index >= 15 is 0 Å². The van der Waals surface area contributed by atoms with Gasteiger partial charge in [0.15, 0.2) is 0 Å². The monoisotopic (exact) mass is 306 g/mol. The second kappa shape index (κ2) is 7.13. The summed E-state index contributed by atoms with van der Waals surface area (Å²) >= 11 is 6.03. The molecule has 0 fully saturated rings. The molecule has 0 saturated heterocycles. The first-order valence-electron chi connectivity index (χ1n) is 6.82. The van der Waals surface area contributed by atoms with Gasteiger partial charge in [-0.3, -0.25) is 0 Å². The maximum Gasteiger partial charge on any atom is 0.224 e. The highest BCUT2D eigenvalue weighted by atomic mass is 35.5. The number of anilines is 3. The number of aryl methyl sites for hydroxylation is 1. The Morgan fingerprint density at radius 3 is 2.76 bits per heavy atom. The topological polar surface area (TPSA) is 59.1 Å². The number of halogens is 1. The van der Waals surface area contributed by atoms with Gasteiger partial charge in [0.05, 0.1) is 12.8 Å². The fraction of sp³-hybridized carbons (Fsp3) is 0.333. The van der Waals surface area contributed by atoms with Gasteiger partial charge < -0.3 is 15.4 Å². The molecule has 0 unspecified atom stereocenters. The molecule has 1 aromatic heterocycles. The lowest BCUT2D eigenvalue weighted by atomic mass is 10.3. The minimum Gasteiger partial charge on any atom is -0.495 e. The number of benzene rings is 1. The summed E-state index contributed by atoms with van der Waals surface area (Å²) in [5.74, 6) is 2.01. The lowest BCUT2D eigenvalue weighted by molar-refractivity contribution is 0.417. The molecule has 0 spiro atoms. The molecule has 2 rings (SSSR count). The first-order valence-corrected chi connectivity index (χ1v) is 7.20. The first kappa shape index (κ1) is 15.4. The SMILES string of the molecule is CCCNc1nc(C)cc(Nc2cc(Cl)ccc2OC)n1. The van der Waals surface area contributed by atoms with Gasteiger partial charge in [0.25, 0.3) is 0 Å². The zero-order valence-electron chi connectivity index (χ0n) is 12.4. The van der Waals surface area contributed by atoms with E-state index in [-0.39, 0.29) is 0 Å². The lowest BCUT2D eigenvalue weighted by Crippen LogP contribution is -2.07. The van der Waals surface area contributed by atoms with E-state index in [0.717, 1.165) is 24.3 Å². The molecule has 6 heteroatoms. The average Bonchev–Trinajstić information content (AvgIpc) is 2.45. The highest BCUT2D eigenvalue weighted by molar-refractivity contribution is 6.31. The van der Waals surface area contributed by atoms with Crippen LogP contribution in [-0.2, 0) is 0 Å². The van der Waals surface area contributed by atoms with Crippen LogP contribution in [-0.4, -0.2) is 23.6 Å². The molecular weight excluding hydrogens is 288 g/mol. The zero-order valence-corrected chi connectivity index (χ0v) is 13.2.